The molecular weight excluding hydrogens is 248 g/mol. The van der Waals surface area contributed by atoms with Crippen LogP contribution in [0, 0.1) is 12.3 Å². The van der Waals surface area contributed by atoms with Crippen molar-refractivity contribution in [1.29, 1.82) is 0 Å². The van der Waals surface area contributed by atoms with Crippen molar-refractivity contribution in [3.8, 4) is 5.75 Å². The molecule has 20 heavy (non-hydrogen) atoms. The van der Waals surface area contributed by atoms with E-state index < -0.39 is 0 Å². The highest BCUT2D eigenvalue weighted by atomic mass is 16.3. The van der Waals surface area contributed by atoms with Crippen LogP contribution in [0.25, 0.3) is 0 Å². The average Bonchev–Trinajstić information content (AvgIpc) is 2.27. The van der Waals surface area contributed by atoms with Crippen LogP contribution in [0.4, 0.5) is 0 Å². The van der Waals surface area contributed by atoms with Gasteiger partial charge >= 0.3 is 0 Å². The van der Waals surface area contributed by atoms with E-state index in [9.17, 15) is 5.11 Å². The van der Waals surface area contributed by atoms with Crippen LogP contribution in [0.15, 0.2) is 18.2 Å². The number of nitrogens with zero attached hydrogens (tertiary/aromatic N) is 1. The molecule has 1 aromatic rings. The molecular formula is C17H30N2O. The maximum Gasteiger partial charge on any atom is 0.120 e. The van der Waals surface area contributed by atoms with Crippen LogP contribution in [-0.2, 0) is 6.54 Å². The van der Waals surface area contributed by atoms with Crippen molar-refractivity contribution >= 4 is 0 Å². The van der Waals surface area contributed by atoms with Gasteiger partial charge in [-0.2, -0.15) is 0 Å². The van der Waals surface area contributed by atoms with Crippen LogP contribution < -0.4 is 5.32 Å². The second-order valence-electron chi connectivity index (χ2n) is 7.24. The number of aryl methyl sites for hydroxylation is 1. The third-order valence-electron chi connectivity index (χ3n) is 3.26. The molecule has 3 nitrogen and oxygen atoms in total. The number of phenolic OH excluding ortho intramolecular Hbond substituents is 1. The Balaban J connectivity index is 2.67. The zero-order valence-electron chi connectivity index (χ0n) is 13.8. The first kappa shape index (κ1) is 17.0. The van der Waals surface area contributed by atoms with Crippen LogP contribution in [-0.4, -0.2) is 36.7 Å². The van der Waals surface area contributed by atoms with E-state index in [1.807, 2.05) is 12.1 Å². The highest BCUT2D eigenvalue weighted by Gasteiger charge is 2.19. The predicted molar refractivity (Wildman–Crippen MR) is 86.1 cm³/mol. The van der Waals surface area contributed by atoms with Crippen molar-refractivity contribution in [3.63, 3.8) is 0 Å². The SMILES string of the molecule is Cc1ccc(O)c(CN[C@H](CN(C)C)CC(C)(C)C)c1. The molecule has 1 aromatic carbocycles. The smallest absolute Gasteiger partial charge is 0.120 e. The van der Waals surface area contributed by atoms with Crippen LogP contribution in [0.3, 0.4) is 0 Å². The molecule has 0 aromatic heterocycles. The van der Waals surface area contributed by atoms with Crippen molar-refractivity contribution < 1.29 is 5.11 Å². The minimum Gasteiger partial charge on any atom is -0.508 e. The third-order valence-corrected chi connectivity index (χ3v) is 3.26. The molecule has 0 saturated heterocycles. The number of phenols is 1. The van der Waals surface area contributed by atoms with E-state index in [4.69, 9.17) is 0 Å². The molecule has 114 valence electrons. The van der Waals surface area contributed by atoms with E-state index in [1.54, 1.807) is 6.07 Å². The summed E-state index contributed by atoms with van der Waals surface area (Å²) in [6.07, 6.45) is 1.11. The van der Waals surface area contributed by atoms with Gasteiger partial charge in [-0.15, -0.1) is 0 Å². The fourth-order valence-corrected chi connectivity index (χ4v) is 2.49. The lowest BCUT2D eigenvalue weighted by Gasteiger charge is -2.29. The molecule has 3 heteroatoms. The van der Waals surface area contributed by atoms with Gasteiger partial charge in [0.05, 0.1) is 0 Å². The Bertz CT molecular complexity index is 421. The van der Waals surface area contributed by atoms with Crippen LogP contribution in [0.1, 0.15) is 38.3 Å². The number of hydrogen-bond acceptors (Lipinski definition) is 3. The highest BCUT2D eigenvalue weighted by molar-refractivity contribution is 5.35. The Labute approximate surface area is 124 Å². The van der Waals surface area contributed by atoms with Gasteiger partial charge in [-0.05, 0) is 38.9 Å². The predicted octanol–water partition coefficient (Wildman–Crippen LogP) is 3.16. The lowest BCUT2D eigenvalue weighted by atomic mass is 9.88. The van der Waals surface area contributed by atoms with E-state index in [1.165, 1.54) is 5.56 Å². The Kier molecular flexibility index (Phi) is 6.03. The summed E-state index contributed by atoms with van der Waals surface area (Å²) in [6, 6.07) is 6.18. The first-order valence-electron chi connectivity index (χ1n) is 7.34. The number of nitrogens with one attached hydrogen (secondary N) is 1. The second kappa shape index (κ2) is 7.09. The average molecular weight is 278 g/mol. The van der Waals surface area contributed by atoms with Gasteiger partial charge < -0.3 is 15.3 Å². The lowest BCUT2D eigenvalue weighted by Crippen LogP contribution is -2.40. The topological polar surface area (TPSA) is 35.5 Å². The summed E-state index contributed by atoms with van der Waals surface area (Å²) in [6.45, 7) is 10.6. The first-order valence-corrected chi connectivity index (χ1v) is 7.34. The van der Waals surface area contributed by atoms with E-state index in [0.29, 0.717) is 23.8 Å². The van der Waals surface area contributed by atoms with Gasteiger partial charge in [0.15, 0.2) is 0 Å². The zero-order valence-corrected chi connectivity index (χ0v) is 13.8. The fourth-order valence-electron chi connectivity index (χ4n) is 2.49. The quantitative estimate of drug-likeness (QED) is 0.839. The summed E-state index contributed by atoms with van der Waals surface area (Å²) < 4.78 is 0. The molecule has 0 saturated carbocycles. The molecule has 0 aliphatic rings. The molecule has 0 aliphatic carbocycles. The van der Waals surface area contributed by atoms with E-state index in [0.717, 1.165) is 18.5 Å². The van der Waals surface area contributed by atoms with Gasteiger partial charge in [-0.25, -0.2) is 0 Å². The Hall–Kier alpha value is -1.06. The van der Waals surface area contributed by atoms with Gasteiger partial charge in [0, 0.05) is 24.7 Å². The Morgan fingerprint density at radius 3 is 2.45 bits per heavy atom. The van der Waals surface area contributed by atoms with Crippen molar-refractivity contribution in [2.45, 2.75) is 46.7 Å². The fraction of sp³-hybridized carbons (Fsp3) is 0.647. The summed E-state index contributed by atoms with van der Waals surface area (Å²) in [5.74, 6) is 0.377. The van der Waals surface area contributed by atoms with Crippen molar-refractivity contribution in [1.82, 2.24) is 10.2 Å². The van der Waals surface area contributed by atoms with Crippen LogP contribution >= 0.6 is 0 Å². The number of hydrogen-bond donors (Lipinski definition) is 2. The number of rotatable bonds is 6. The minimum absolute atomic E-state index is 0.294. The largest absolute Gasteiger partial charge is 0.508 e. The maximum atomic E-state index is 9.91. The molecule has 0 heterocycles. The summed E-state index contributed by atoms with van der Waals surface area (Å²) in [4.78, 5) is 2.21. The summed E-state index contributed by atoms with van der Waals surface area (Å²) in [5.41, 5.74) is 2.45. The summed E-state index contributed by atoms with van der Waals surface area (Å²) in [5, 5.41) is 13.5. The Morgan fingerprint density at radius 2 is 1.90 bits per heavy atom. The summed E-state index contributed by atoms with van der Waals surface area (Å²) in [7, 11) is 4.20. The van der Waals surface area contributed by atoms with Crippen molar-refractivity contribution in [3.05, 3.63) is 29.3 Å². The van der Waals surface area contributed by atoms with Gasteiger partial charge in [-0.1, -0.05) is 38.5 Å². The highest BCUT2D eigenvalue weighted by Crippen LogP contribution is 2.22. The van der Waals surface area contributed by atoms with Gasteiger partial charge in [0.2, 0.25) is 0 Å². The molecule has 0 fully saturated rings. The zero-order chi connectivity index (χ0) is 15.3. The monoisotopic (exact) mass is 278 g/mol. The van der Waals surface area contributed by atoms with Crippen molar-refractivity contribution in [2.24, 2.45) is 5.41 Å². The molecule has 0 amide bonds. The minimum atomic E-state index is 0.294. The molecule has 0 spiro atoms. The van der Waals surface area contributed by atoms with Crippen LogP contribution in [0.2, 0.25) is 0 Å². The standard InChI is InChI=1S/C17H30N2O/c1-13-7-8-16(20)14(9-13)11-18-15(12-19(5)6)10-17(2,3)4/h7-9,15,18,20H,10-12H2,1-6H3/t15-/m0/s1. The lowest BCUT2D eigenvalue weighted by molar-refractivity contribution is 0.255. The molecule has 2 N–H and O–H groups in total. The van der Waals surface area contributed by atoms with E-state index in [-0.39, 0.29) is 0 Å². The maximum absolute atomic E-state index is 9.91. The summed E-state index contributed by atoms with van der Waals surface area (Å²) >= 11 is 0. The number of likely N-dealkylation sites (N-methyl/N-ethyl adjacent to an activating group) is 1. The third kappa shape index (κ3) is 6.40. The number of benzene rings is 1. The Morgan fingerprint density at radius 1 is 1.25 bits per heavy atom. The molecule has 0 radical (unpaired) electrons. The molecule has 0 unspecified atom stereocenters. The molecule has 0 aliphatic heterocycles. The first-order chi connectivity index (χ1) is 9.17. The molecule has 0 bridgehead atoms. The van der Waals surface area contributed by atoms with Gasteiger partial charge in [-0.3, -0.25) is 0 Å². The van der Waals surface area contributed by atoms with E-state index >= 15 is 0 Å². The van der Waals surface area contributed by atoms with Gasteiger partial charge in [0.25, 0.3) is 0 Å². The molecule has 1 atom stereocenters. The second-order valence-corrected chi connectivity index (χ2v) is 7.24. The normalized spacial score (nSPS) is 13.8. The van der Waals surface area contributed by atoms with Crippen molar-refractivity contribution in [2.75, 3.05) is 20.6 Å². The van der Waals surface area contributed by atoms with Gasteiger partial charge in [0.1, 0.15) is 5.75 Å². The molecule has 1 rings (SSSR count). The van der Waals surface area contributed by atoms with E-state index in [2.05, 4.69) is 52.0 Å². The van der Waals surface area contributed by atoms with Crippen LogP contribution in [0.5, 0.6) is 5.75 Å². The number of aromatic hydroxyl groups is 1.